The Morgan fingerprint density at radius 3 is 2.00 bits per heavy atom. The van der Waals surface area contributed by atoms with E-state index >= 15 is 0 Å². The van der Waals surface area contributed by atoms with Gasteiger partial charge in [0.1, 0.15) is 17.0 Å². The maximum atomic E-state index is 12.8. The molecule has 28 heavy (non-hydrogen) atoms. The number of amides is 2. The minimum absolute atomic E-state index is 0.133. The summed E-state index contributed by atoms with van der Waals surface area (Å²) in [5, 5.41) is 2.73. The van der Waals surface area contributed by atoms with E-state index in [1.165, 1.54) is 21.3 Å². The minimum atomic E-state index is -1.09. The number of nitrogens with one attached hydrogen (secondary N) is 1. The van der Waals surface area contributed by atoms with E-state index in [0.717, 1.165) is 0 Å². The van der Waals surface area contributed by atoms with Gasteiger partial charge in [-0.2, -0.15) is 0 Å². The highest BCUT2D eigenvalue weighted by atomic mass is 16.5. The Morgan fingerprint density at radius 2 is 1.54 bits per heavy atom. The number of hydrogen-bond donors (Lipinski definition) is 1. The molecule has 2 rings (SSSR count). The third-order valence-electron chi connectivity index (χ3n) is 4.88. The van der Waals surface area contributed by atoms with Crippen LogP contribution < -0.4 is 14.8 Å². The van der Waals surface area contributed by atoms with Crippen LogP contribution in [0, 0.1) is 5.92 Å². The monoisotopic (exact) mass is 392 g/mol. The normalized spacial score (nSPS) is 15.0. The quantitative estimate of drug-likeness (QED) is 0.740. The first-order valence-electron chi connectivity index (χ1n) is 9.14. The van der Waals surface area contributed by atoms with Gasteiger partial charge in [-0.05, 0) is 38.8 Å². The van der Waals surface area contributed by atoms with Gasteiger partial charge in [0.15, 0.2) is 0 Å². The smallest absolute Gasteiger partial charge is 0.330 e. The number of carbonyl (C=O) groups is 3. The lowest BCUT2D eigenvalue weighted by molar-refractivity contribution is -0.150. The molecule has 0 radical (unpaired) electrons. The largest absolute Gasteiger partial charge is 0.497 e. The first kappa shape index (κ1) is 21.5. The molecule has 0 spiro atoms. The second-order valence-corrected chi connectivity index (χ2v) is 7.27. The fourth-order valence-corrected chi connectivity index (χ4v) is 3.17. The number of nitrogens with zero attached hydrogens (tertiary/aromatic N) is 1. The van der Waals surface area contributed by atoms with Crippen LogP contribution >= 0.6 is 0 Å². The van der Waals surface area contributed by atoms with Crippen molar-refractivity contribution in [3.8, 4) is 11.5 Å². The lowest BCUT2D eigenvalue weighted by atomic mass is 9.93. The summed E-state index contributed by atoms with van der Waals surface area (Å²) >= 11 is 0. The molecule has 1 aromatic carbocycles. The summed E-state index contributed by atoms with van der Waals surface area (Å²) in [5.41, 5.74) is -0.610. The van der Waals surface area contributed by atoms with Crippen molar-refractivity contribution >= 4 is 17.8 Å². The number of methoxy groups -OCH3 is 3. The molecule has 8 heteroatoms. The molecule has 0 aliphatic carbocycles. The highest BCUT2D eigenvalue weighted by molar-refractivity contribution is 5.95. The van der Waals surface area contributed by atoms with Crippen LogP contribution in [0.25, 0.3) is 0 Å². The van der Waals surface area contributed by atoms with Crippen LogP contribution in [0.4, 0.5) is 0 Å². The molecule has 8 nitrogen and oxygen atoms in total. The minimum Gasteiger partial charge on any atom is -0.497 e. The third kappa shape index (κ3) is 4.94. The van der Waals surface area contributed by atoms with E-state index in [-0.39, 0.29) is 17.7 Å². The van der Waals surface area contributed by atoms with Gasteiger partial charge in [0, 0.05) is 30.6 Å². The molecular weight excluding hydrogens is 364 g/mol. The molecule has 1 aliphatic heterocycles. The molecular formula is C20H28N2O6. The molecule has 0 saturated carbocycles. The highest BCUT2D eigenvalue weighted by Gasteiger charge is 2.35. The van der Waals surface area contributed by atoms with Crippen LogP contribution in [0.1, 0.15) is 37.0 Å². The second-order valence-electron chi connectivity index (χ2n) is 7.27. The molecule has 1 fully saturated rings. The average molecular weight is 392 g/mol. The molecule has 0 bridgehead atoms. The summed E-state index contributed by atoms with van der Waals surface area (Å²) in [6.07, 6.45) is 1.05. The molecule has 1 saturated heterocycles. The zero-order valence-corrected chi connectivity index (χ0v) is 17.0. The van der Waals surface area contributed by atoms with E-state index in [1.807, 2.05) is 0 Å². The van der Waals surface area contributed by atoms with Crippen molar-refractivity contribution in [2.24, 2.45) is 5.92 Å². The van der Waals surface area contributed by atoms with E-state index in [1.54, 1.807) is 36.9 Å². The van der Waals surface area contributed by atoms with Gasteiger partial charge in [-0.15, -0.1) is 0 Å². The van der Waals surface area contributed by atoms with Crippen molar-refractivity contribution in [3.05, 3.63) is 23.8 Å². The van der Waals surface area contributed by atoms with Gasteiger partial charge in [0.2, 0.25) is 5.91 Å². The Hall–Kier alpha value is -2.77. The lowest BCUT2D eigenvalue weighted by Gasteiger charge is -2.33. The molecule has 0 aromatic heterocycles. The zero-order chi connectivity index (χ0) is 20.9. The van der Waals surface area contributed by atoms with Crippen LogP contribution in [0.3, 0.4) is 0 Å². The van der Waals surface area contributed by atoms with Crippen LogP contribution in [0.5, 0.6) is 11.5 Å². The van der Waals surface area contributed by atoms with Crippen molar-refractivity contribution in [2.75, 3.05) is 34.4 Å². The number of esters is 1. The van der Waals surface area contributed by atoms with Crippen LogP contribution in [0.2, 0.25) is 0 Å². The van der Waals surface area contributed by atoms with Gasteiger partial charge in [-0.3, -0.25) is 9.59 Å². The SMILES string of the molecule is COC(=O)C(C)(C)NC(=O)C1CCN(C(=O)c2cc(OC)cc(OC)c2)CC1. The summed E-state index contributed by atoms with van der Waals surface area (Å²) < 4.78 is 15.1. The summed E-state index contributed by atoms with van der Waals surface area (Å²) in [4.78, 5) is 38.8. The van der Waals surface area contributed by atoms with Crippen molar-refractivity contribution in [1.82, 2.24) is 10.2 Å². The molecule has 0 atom stereocenters. The first-order chi connectivity index (χ1) is 13.2. The van der Waals surface area contributed by atoms with Crippen LogP contribution in [-0.4, -0.2) is 62.6 Å². The Bertz CT molecular complexity index is 716. The van der Waals surface area contributed by atoms with Crippen LogP contribution in [-0.2, 0) is 14.3 Å². The molecule has 0 unspecified atom stereocenters. The van der Waals surface area contributed by atoms with Gasteiger partial charge in [0.05, 0.1) is 21.3 Å². The number of ether oxygens (including phenoxy) is 3. The maximum absolute atomic E-state index is 12.8. The Kier molecular flexibility index (Phi) is 6.88. The highest BCUT2D eigenvalue weighted by Crippen LogP contribution is 2.25. The second kappa shape index (κ2) is 8.95. The molecule has 2 amide bonds. The van der Waals surface area contributed by atoms with Crippen molar-refractivity contribution in [2.45, 2.75) is 32.2 Å². The standard InChI is InChI=1S/C20H28N2O6/c1-20(2,19(25)28-5)21-17(23)13-6-8-22(9-7-13)18(24)14-10-15(26-3)12-16(11-14)27-4/h10-13H,6-9H2,1-5H3,(H,21,23). The van der Waals surface area contributed by atoms with Gasteiger partial charge in [0.25, 0.3) is 5.91 Å². The summed E-state index contributed by atoms with van der Waals surface area (Å²) in [6, 6.07) is 5.04. The first-order valence-corrected chi connectivity index (χ1v) is 9.14. The molecule has 1 heterocycles. The van der Waals surface area contributed by atoms with E-state index in [9.17, 15) is 14.4 Å². The number of hydrogen-bond acceptors (Lipinski definition) is 6. The maximum Gasteiger partial charge on any atom is 0.330 e. The Morgan fingerprint density at radius 1 is 1.00 bits per heavy atom. The van der Waals surface area contributed by atoms with Gasteiger partial charge in [-0.25, -0.2) is 4.79 Å². The fraction of sp³-hybridized carbons (Fsp3) is 0.550. The average Bonchev–Trinajstić information content (AvgIpc) is 2.71. The van der Waals surface area contributed by atoms with E-state index in [0.29, 0.717) is 43.0 Å². The number of benzene rings is 1. The van der Waals surface area contributed by atoms with Gasteiger partial charge >= 0.3 is 5.97 Å². The lowest BCUT2D eigenvalue weighted by Crippen LogP contribution is -2.53. The van der Waals surface area contributed by atoms with Gasteiger partial charge < -0.3 is 24.4 Å². The van der Waals surface area contributed by atoms with E-state index in [4.69, 9.17) is 14.2 Å². The summed E-state index contributed by atoms with van der Waals surface area (Å²) in [7, 11) is 4.35. The molecule has 154 valence electrons. The number of likely N-dealkylation sites (tertiary alicyclic amines) is 1. The molecule has 1 aromatic rings. The summed E-state index contributed by atoms with van der Waals surface area (Å²) in [6.45, 7) is 4.11. The predicted octanol–water partition coefficient (Wildman–Crippen LogP) is 1.62. The van der Waals surface area contributed by atoms with E-state index < -0.39 is 11.5 Å². The predicted molar refractivity (Wildman–Crippen MR) is 102 cm³/mol. The third-order valence-corrected chi connectivity index (χ3v) is 4.88. The van der Waals surface area contributed by atoms with E-state index in [2.05, 4.69) is 5.32 Å². The molecule has 1 N–H and O–H groups in total. The molecule has 1 aliphatic rings. The van der Waals surface area contributed by atoms with Gasteiger partial charge in [-0.1, -0.05) is 0 Å². The van der Waals surface area contributed by atoms with Crippen molar-refractivity contribution in [1.29, 1.82) is 0 Å². The Balaban J connectivity index is 1.99. The summed E-state index contributed by atoms with van der Waals surface area (Å²) in [5.74, 6) is -0.00577. The van der Waals surface area contributed by atoms with Crippen molar-refractivity contribution in [3.63, 3.8) is 0 Å². The number of carbonyl (C=O) groups excluding carboxylic acids is 3. The number of rotatable bonds is 6. The van der Waals surface area contributed by atoms with Crippen LogP contribution in [0.15, 0.2) is 18.2 Å². The van der Waals surface area contributed by atoms with Crippen molar-refractivity contribution < 1.29 is 28.6 Å². The fourth-order valence-electron chi connectivity index (χ4n) is 3.17. The Labute approximate surface area is 165 Å². The number of piperidine rings is 1. The topological polar surface area (TPSA) is 94.2 Å². The zero-order valence-electron chi connectivity index (χ0n) is 17.0.